The lowest BCUT2D eigenvalue weighted by Gasteiger charge is -1.83. The fourth-order valence-electron chi connectivity index (χ4n) is 0.566. The molecule has 3 heteroatoms. The van der Waals surface area contributed by atoms with Gasteiger partial charge in [-0.05, 0) is 0 Å². The lowest BCUT2D eigenvalue weighted by molar-refractivity contribution is -0.135. The Hall–Kier alpha value is -0.990. The third-order valence-electron chi connectivity index (χ3n) is 1.02. The van der Waals surface area contributed by atoms with E-state index < -0.39 is 5.97 Å². The minimum atomic E-state index is -0.396. The molecule has 8 heavy (non-hydrogen) atoms. The van der Waals surface area contributed by atoms with Gasteiger partial charge in [-0.25, -0.2) is 4.79 Å². The molecule has 0 spiro atoms. The van der Waals surface area contributed by atoms with Gasteiger partial charge < -0.3 is 9.84 Å². The standard InChI is InChI=1S/C5H6O3/c6-3-4-1-2-8-5(4)7/h3,6H,1-2H2/b4-3+. The van der Waals surface area contributed by atoms with Crippen LogP contribution in [-0.4, -0.2) is 17.7 Å². The summed E-state index contributed by atoms with van der Waals surface area (Å²) in [5.74, 6) is -0.396. The van der Waals surface area contributed by atoms with Gasteiger partial charge in [0.2, 0.25) is 0 Å². The molecule has 1 rings (SSSR count). The smallest absolute Gasteiger partial charge is 0.337 e. The monoisotopic (exact) mass is 114 g/mol. The molecule has 3 nitrogen and oxygen atoms in total. The van der Waals surface area contributed by atoms with Crippen LogP contribution >= 0.6 is 0 Å². The zero-order valence-corrected chi connectivity index (χ0v) is 4.26. The van der Waals surface area contributed by atoms with Crippen LogP contribution in [0.15, 0.2) is 11.8 Å². The van der Waals surface area contributed by atoms with E-state index in [0.717, 1.165) is 6.26 Å². The molecule has 0 atom stereocenters. The number of hydrogen-bond acceptors (Lipinski definition) is 3. The molecule has 0 saturated carbocycles. The highest BCUT2D eigenvalue weighted by molar-refractivity contribution is 5.89. The van der Waals surface area contributed by atoms with Crippen molar-refractivity contribution >= 4 is 5.97 Å². The summed E-state index contributed by atoms with van der Waals surface area (Å²) in [6, 6.07) is 0. The van der Waals surface area contributed by atoms with Gasteiger partial charge in [-0.3, -0.25) is 0 Å². The van der Waals surface area contributed by atoms with Gasteiger partial charge in [0.1, 0.15) is 0 Å². The van der Waals surface area contributed by atoms with Gasteiger partial charge in [0.15, 0.2) is 0 Å². The van der Waals surface area contributed by atoms with Gasteiger partial charge in [0, 0.05) is 6.42 Å². The van der Waals surface area contributed by atoms with Gasteiger partial charge in [0.05, 0.1) is 18.4 Å². The number of rotatable bonds is 0. The Labute approximate surface area is 46.6 Å². The molecule has 1 N–H and O–H groups in total. The van der Waals surface area contributed by atoms with Crippen LogP contribution in [-0.2, 0) is 9.53 Å². The molecule has 0 amide bonds. The molecule has 1 aliphatic heterocycles. The van der Waals surface area contributed by atoms with Gasteiger partial charge in [0.25, 0.3) is 0 Å². The number of ether oxygens (including phenoxy) is 1. The molecule has 0 aromatic heterocycles. The third kappa shape index (κ3) is 0.665. The minimum absolute atomic E-state index is 0.366. The summed E-state index contributed by atoms with van der Waals surface area (Å²) in [6.45, 7) is 0.408. The van der Waals surface area contributed by atoms with Crippen molar-refractivity contribution in [3.05, 3.63) is 11.8 Å². The molecule has 1 aliphatic rings. The van der Waals surface area contributed by atoms with Crippen LogP contribution in [0.5, 0.6) is 0 Å². The number of aliphatic hydroxyl groups excluding tert-OH is 1. The maximum absolute atomic E-state index is 10.4. The zero-order chi connectivity index (χ0) is 5.98. The van der Waals surface area contributed by atoms with Crippen molar-refractivity contribution in [2.24, 2.45) is 0 Å². The van der Waals surface area contributed by atoms with E-state index in [1.165, 1.54) is 0 Å². The molecule has 1 heterocycles. The van der Waals surface area contributed by atoms with E-state index in [1.54, 1.807) is 0 Å². The first-order chi connectivity index (χ1) is 3.84. The molecule has 0 radical (unpaired) electrons. The number of hydrogen-bond donors (Lipinski definition) is 1. The number of carbonyl (C=O) groups is 1. The lowest BCUT2D eigenvalue weighted by atomic mass is 10.3. The lowest BCUT2D eigenvalue weighted by Crippen LogP contribution is -1.93. The van der Waals surface area contributed by atoms with Crippen molar-refractivity contribution in [2.45, 2.75) is 6.42 Å². The summed E-state index contributed by atoms with van der Waals surface area (Å²) < 4.78 is 4.49. The van der Waals surface area contributed by atoms with Gasteiger partial charge in [-0.1, -0.05) is 0 Å². The summed E-state index contributed by atoms with van der Waals surface area (Å²) in [4.78, 5) is 10.4. The molecule has 0 aliphatic carbocycles. The highest BCUT2D eigenvalue weighted by Crippen LogP contribution is 2.10. The largest absolute Gasteiger partial charge is 0.515 e. The molecule has 0 aromatic rings. The van der Waals surface area contributed by atoms with Crippen LogP contribution in [0.2, 0.25) is 0 Å². The van der Waals surface area contributed by atoms with Crippen molar-refractivity contribution in [1.82, 2.24) is 0 Å². The van der Waals surface area contributed by atoms with E-state index in [4.69, 9.17) is 5.11 Å². The maximum atomic E-state index is 10.4. The highest BCUT2D eigenvalue weighted by Gasteiger charge is 2.17. The van der Waals surface area contributed by atoms with Crippen molar-refractivity contribution < 1.29 is 14.6 Å². The Morgan fingerprint density at radius 1 is 1.75 bits per heavy atom. The molecule has 1 saturated heterocycles. The molecule has 1 fully saturated rings. The SMILES string of the molecule is O=C1OCC/C1=C\O. The van der Waals surface area contributed by atoms with Crippen molar-refractivity contribution in [3.8, 4) is 0 Å². The van der Waals surface area contributed by atoms with Crippen LogP contribution in [0, 0.1) is 0 Å². The highest BCUT2D eigenvalue weighted by atomic mass is 16.5. The summed E-state index contributed by atoms with van der Waals surface area (Å²) in [6.07, 6.45) is 1.34. The normalized spacial score (nSPS) is 24.0. The Morgan fingerprint density at radius 3 is 2.75 bits per heavy atom. The summed E-state index contributed by atoms with van der Waals surface area (Å²) in [5.41, 5.74) is 0.366. The number of carbonyl (C=O) groups excluding carboxylic acids is 1. The topological polar surface area (TPSA) is 46.5 Å². The first kappa shape index (κ1) is 5.15. The quantitative estimate of drug-likeness (QED) is 0.281. The molecule has 0 aromatic carbocycles. The Balaban J connectivity index is 2.69. The fourth-order valence-corrected chi connectivity index (χ4v) is 0.566. The van der Waals surface area contributed by atoms with Crippen molar-refractivity contribution in [2.75, 3.05) is 6.61 Å². The van der Waals surface area contributed by atoms with Crippen LogP contribution in [0.25, 0.3) is 0 Å². The summed E-state index contributed by atoms with van der Waals surface area (Å²) >= 11 is 0. The second-order valence-electron chi connectivity index (χ2n) is 1.54. The molecule has 0 bridgehead atoms. The van der Waals surface area contributed by atoms with Gasteiger partial charge in [-0.15, -0.1) is 0 Å². The average Bonchev–Trinajstić information content (AvgIpc) is 2.14. The summed E-state index contributed by atoms with van der Waals surface area (Å²) in [7, 11) is 0. The molecule has 0 unspecified atom stereocenters. The van der Waals surface area contributed by atoms with Crippen molar-refractivity contribution in [3.63, 3.8) is 0 Å². The van der Waals surface area contributed by atoms with Gasteiger partial charge in [-0.2, -0.15) is 0 Å². The van der Waals surface area contributed by atoms with Crippen LogP contribution in [0.4, 0.5) is 0 Å². The van der Waals surface area contributed by atoms with E-state index >= 15 is 0 Å². The van der Waals surface area contributed by atoms with Gasteiger partial charge >= 0.3 is 5.97 Å². The maximum Gasteiger partial charge on any atom is 0.337 e. The van der Waals surface area contributed by atoms with E-state index in [0.29, 0.717) is 18.6 Å². The molecule has 44 valence electrons. The number of aliphatic hydroxyl groups is 1. The van der Waals surface area contributed by atoms with E-state index in [9.17, 15) is 4.79 Å². The average molecular weight is 114 g/mol. The second kappa shape index (κ2) is 1.86. The first-order valence-electron chi connectivity index (χ1n) is 2.35. The molecular weight excluding hydrogens is 108 g/mol. The molecular formula is C5H6O3. The summed E-state index contributed by atoms with van der Waals surface area (Å²) in [5, 5.41) is 8.27. The van der Waals surface area contributed by atoms with E-state index in [-0.39, 0.29) is 0 Å². The predicted molar refractivity (Wildman–Crippen MR) is 26.3 cm³/mol. The second-order valence-corrected chi connectivity index (χ2v) is 1.54. The Kier molecular flexibility index (Phi) is 1.20. The van der Waals surface area contributed by atoms with E-state index in [1.807, 2.05) is 0 Å². The van der Waals surface area contributed by atoms with E-state index in [2.05, 4.69) is 4.74 Å². The van der Waals surface area contributed by atoms with Crippen LogP contribution in [0.1, 0.15) is 6.42 Å². The van der Waals surface area contributed by atoms with Crippen molar-refractivity contribution in [1.29, 1.82) is 0 Å². The number of esters is 1. The minimum Gasteiger partial charge on any atom is -0.515 e. The number of cyclic esters (lactones) is 1. The van der Waals surface area contributed by atoms with Crippen LogP contribution < -0.4 is 0 Å². The third-order valence-corrected chi connectivity index (χ3v) is 1.02. The van der Waals surface area contributed by atoms with Crippen LogP contribution in [0.3, 0.4) is 0 Å². The fraction of sp³-hybridized carbons (Fsp3) is 0.400. The first-order valence-corrected chi connectivity index (χ1v) is 2.35. The Bertz CT molecular complexity index is 137. The Morgan fingerprint density at radius 2 is 2.50 bits per heavy atom. The predicted octanol–water partition coefficient (Wildman–Crippen LogP) is 0.375. The zero-order valence-electron chi connectivity index (χ0n) is 4.26.